The molecule has 0 unspecified atom stereocenters. The third-order valence-corrected chi connectivity index (χ3v) is 9.90. The van der Waals surface area contributed by atoms with E-state index in [9.17, 15) is 9.90 Å². The Hall–Kier alpha value is -0.370. The van der Waals surface area contributed by atoms with Crippen molar-refractivity contribution in [2.45, 2.75) is 91.6 Å². The number of hydrogen-bond acceptors (Lipinski definition) is 2. The van der Waals surface area contributed by atoms with Gasteiger partial charge in [0.2, 0.25) is 0 Å². The lowest BCUT2D eigenvalue weighted by molar-refractivity contribution is -0.168. The van der Waals surface area contributed by atoms with Crippen LogP contribution in [-0.4, -0.2) is 17.0 Å². The number of ketones is 1. The van der Waals surface area contributed by atoms with E-state index in [1.807, 2.05) is 0 Å². The van der Waals surface area contributed by atoms with Crippen molar-refractivity contribution < 1.29 is 9.90 Å². The van der Waals surface area contributed by atoms with Gasteiger partial charge in [-0.25, -0.2) is 0 Å². The average Bonchev–Trinajstić information content (AvgIpc) is 2.83. The molecule has 136 valence electrons. The first-order valence-electron chi connectivity index (χ1n) is 10.4. The molecular formula is C22H36O2. The maximum Gasteiger partial charge on any atom is 0.132 e. The SMILES string of the molecule is CC(=O)[C@@H]1CC[C@]2(C)[C@@H]3CC[C@]4(C)[C@H](O)CC[C@@H]4[C@@H]3CC[C@@]2(C)C1. The van der Waals surface area contributed by atoms with E-state index in [4.69, 9.17) is 0 Å². The van der Waals surface area contributed by atoms with Crippen LogP contribution in [0, 0.1) is 39.9 Å². The van der Waals surface area contributed by atoms with E-state index in [2.05, 4.69) is 20.8 Å². The first-order valence-corrected chi connectivity index (χ1v) is 10.4. The number of Topliss-reactive ketones (excluding diaryl/α,β-unsaturated/α-hetero) is 1. The van der Waals surface area contributed by atoms with E-state index in [1.165, 1.54) is 38.5 Å². The minimum Gasteiger partial charge on any atom is -0.393 e. The Balaban J connectivity index is 1.64. The summed E-state index contributed by atoms with van der Waals surface area (Å²) in [6.45, 7) is 9.23. The number of hydrogen-bond donors (Lipinski definition) is 1. The molecule has 4 aliphatic carbocycles. The molecule has 4 fully saturated rings. The largest absolute Gasteiger partial charge is 0.393 e. The highest BCUT2D eigenvalue weighted by Crippen LogP contribution is 2.70. The molecule has 4 saturated carbocycles. The van der Waals surface area contributed by atoms with Crippen molar-refractivity contribution in [2.75, 3.05) is 0 Å². The van der Waals surface area contributed by atoms with Crippen LogP contribution in [0.5, 0.6) is 0 Å². The van der Waals surface area contributed by atoms with Crippen LogP contribution in [-0.2, 0) is 4.79 Å². The molecule has 4 aliphatic rings. The molecule has 2 heteroatoms. The summed E-state index contributed by atoms with van der Waals surface area (Å²) in [4.78, 5) is 12.0. The number of aliphatic hydroxyl groups excluding tert-OH is 1. The molecule has 2 nitrogen and oxygen atoms in total. The van der Waals surface area contributed by atoms with Gasteiger partial charge in [0.15, 0.2) is 0 Å². The van der Waals surface area contributed by atoms with Crippen molar-refractivity contribution >= 4 is 5.78 Å². The van der Waals surface area contributed by atoms with Crippen molar-refractivity contribution in [1.82, 2.24) is 0 Å². The number of rotatable bonds is 1. The van der Waals surface area contributed by atoms with Gasteiger partial charge in [-0.2, -0.15) is 0 Å². The highest BCUT2D eigenvalue weighted by Gasteiger charge is 2.63. The molecule has 1 N–H and O–H groups in total. The number of carbonyl (C=O) groups excluding carboxylic acids is 1. The Morgan fingerprint density at radius 3 is 2.38 bits per heavy atom. The monoisotopic (exact) mass is 332 g/mol. The van der Waals surface area contributed by atoms with Crippen LogP contribution in [0.3, 0.4) is 0 Å². The van der Waals surface area contributed by atoms with Crippen LogP contribution in [0.4, 0.5) is 0 Å². The van der Waals surface area contributed by atoms with Gasteiger partial charge in [0.25, 0.3) is 0 Å². The van der Waals surface area contributed by atoms with Gasteiger partial charge in [-0.3, -0.25) is 4.79 Å². The summed E-state index contributed by atoms with van der Waals surface area (Å²) in [7, 11) is 0. The van der Waals surface area contributed by atoms with E-state index < -0.39 is 0 Å². The summed E-state index contributed by atoms with van der Waals surface area (Å²) in [6, 6.07) is 0. The minimum atomic E-state index is -0.0713. The highest BCUT2D eigenvalue weighted by atomic mass is 16.3. The minimum absolute atomic E-state index is 0.0713. The Morgan fingerprint density at radius 1 is 0.917 bits per heavy atom. The molecule has 0 aliphatic heterocycles. The molecule has 0 aromatic heterocycles. The topological polar surface area (TPSA) is 37.3 Å². The van der Waals surface area contributed by atoms with Crippen molar-refractivity contribution in [3.8, 4) is 0 Å². The second-order valence-corrected chi connectivity index (χ2v) is 10.6. The quantitative estimate of drug-likeness (QED) is 0.735. The van der Waals surface area contributed by atoms with Crippen LogP contribution in [0.25, 0.3) is 0 Å². The number of fused-ring (bicyclic) bond motifs is 5. The van der Waals surface area contributed by atoms with E-state index >= 15 is 0 Å². The zero-order chi connectivity index (χ0) is 17.3. The van der Waals surface area contributed by atoms with Gasteiger partial charge < -0.3 is 5.11 Å². The molecule has 0 aromatic rings. The van der Waals surface area contributed by atoms with Crippen LogP contribution >= 0.6 is 0 Å². The normalized spacial score (nSPS) is 57.0. The Labute approximate surface area is 147 Å². The molecule has 8 atom stereocenters. The third kappa shape index (κ3) is 2.07. The first-order chi connectivity index (χ1) is 11.2. The smallest absolute Gasteiger partial charge is 0.132 e. The van der Waals surface area contributed by atoms with Crippen LogP contribution < -0.4 is 0 Å². The fraction of sp³-hybridized carbons (Fsp3) is 0.955. The third-order valence-electron chi connectivity index (χ3n) is 9.90. The fourth-order valence-electron chi connectivity index (χ4n) is 7.96. The Morgan fingerprint density at radius 2 is 1.67 bits per heavy atom. The lowest BCUT2D eigenvalue weighted by Gasteiger charge is -2.65. The lowest BCUT2D eigenvalue weighted by atomic mass is 9.40. The molecular weight excluding hydrogens is 296 g/mol. The maximum atomic E-state index is 12.0. The van der Waals surface area contributed by atoms with Gasteiger partial charge in [-0.05, 0) is 98.7 Å². The van der Waals surface area contributed by atoms with E-state index in [0.717, 1.165) is 37.0 Å². The predicted octanol–water partition coefficient (Wildman–Crippen LogP) is 4.99. The fourth-order valence-corrected chi connectivity index (χ4v) is 7.96. The zero-order valence-corrected chi connectivity index (χ0v) is 16.1. The zero-order valence-electron chi connectivity index (χ0n) is 16.1. The summed E-state index contributed by atoms with van der Waals surface area (Å²) in [5, 5.41) is 10.6. The Kier molecular flexibility index (Phi) is 3.78. The Bertz CT molecular complexity index is 542. The molecule has 0 amide bonds. The van der Waals surface area contributed by atoms with Crippen LogP contribution in [0.1, 0.15) is 85.5 Å². The van der Waals surface area contributed by atoms with E-state index in [0.29, 0.717) is 22.5 Å². The van der Waals surface area contributed by atoms with Crippen molar-refractivity contribution in [3.63, 3.8) is 0 Å². The van der Waals surface area contributed by atoms with Gasteiger partial charge in [-0.1, -0.05) is 20.8 Å². The van der Waals surface area contributed by atoms with Crippen molar-refractivity contribution in [2.24, 2.45) is 39.9 Å². The van der Waals surface area contributed by atoms with E-state index in [-0.39, 0.29) is 11.5 Å². The molecule has 0 heterocycles. The summed E-state index contributed by atoms with van der Waals surface area (Å²) >= 11 is 0. The number of carbonyl (C=O) groups is 1. The van der Waals surface area contributed by atoms with Gasteiger partial charge >= 0.3 is 0 Å². The molecule has 0 saturated heterocycles. The molecule has 0 radical (unpaired) electrons. The summed E-state index contributed by atoms with van der Waals surface area (Å²) in [5.74, 6) is 3.08. The molecule has 24 heavy (non-hydrogen) atoms. The van der Waals surface area contributed by atoms with Crippen LogP contribution in [0.15, 0.2) is 0 Å². The molecule has 0 spiro atoms. The van der Waals surface area contributed by atoms with Crippen LogP contribution in [0.2, 0.25) is 0 Å². The summed E-state index contributed by atoms with van der Waals surface area (Å²) in [5.41, 5.74) is 0.923. The molecule has 4 rings (SSSR count). The van der Waals surface area contributed by atoms with Gasteiger partial charge in [0.1, 0.15) is 5.78 Å². The average molecular weight is 333 g/mol. The number of aliphatic hydroxyl groups is 1. The second-order valence-electron chi connectivity index (χ2n) is 10.6. The maximum absolute atomic E-state index is 12.0. The highest BCUT2D eigenvalue weighted by molar-refractivity contribution is 5.78. The van der Waals surface area contributed by atoms with Gasteiger partial charge in [-0.15, -0.1) is 0 Å². The predicted molar refractivity (Wildman–Crippen MR) is 96.5 cm³/mol. The first kappa shape index (κ1) is 17.1. The van der Waals surface area contributed by atoms with Crippen molar-refractivity contribution in [1.29, 1.82) is 0 Å². The summed E-state index contributed by atoms with van der Waals surface area (Å²) < 4.78 is 0. The van der Waals surface area contributed by atoms with Gasteiger partial charge in [0.05, 0.1) is 6.10 Å². The second kappa shape index (κ2) is 5.32. The van der Waals surface area contributed by atoms with E-state index in [1.54, 1.807) is 6.92 Å². The standard InChI is InChI=1S/C22H36O2/c1-14(23)15-7-12-22(4)18-9-11-21(3)17(5-6-19(21)24)16(18)8-10-20(22,2)13-15/h15-19,24H,5-13H2,1-4H3/t15-,16+,17-,18-,19-,20+,21+,22-/m1/s1. The van der Waals surface area contributed by atoms with Gasteiger partial charge in [0, 0.05) is 5.92 Å². The molecule has 0 bridgehead atoms. The summed E-state index contributed by atoms with van der Waals surface area (Å²) in [6.07, 6.45) is 10.8. The molecule has 0 aromatic carbocycles. The van der Waals surface area contributed by atoms with Crippen molar-refractivity contribution in [3.05, 3.63) is 0 Å². The lowest BCUT2D eigenvalue weighted by Crippen LogP contribution is -2.58.